The Morgan fingerprint density at radius 1 is 1.22 bits per heavy atom. The number of anilines is 1. The first-order chi connectivity index (χ1) is 13.0. The number of benzene rings is 2. The molecule has 3 rings (SSSR count). The summed E-state index contributed by atoms with van der Waals surface area (Å²) in [5, 5.41) is 17.1. The van der Waals surface area contributed by atoms with Crippen LogP contribution in [0.15, 0.2) is 53.6 Å². The van der Waals surface area contributed by atoms with Crippen LogP contribution in [0.3, 0.4) is 0 Å². The maximum atomic E-state index is 13.1. The molecule has 136 valence electrons. The maximum absolute atomic E-state index is 13.1. The van der Waals surface area contributed by atoms with E-state index in [4.69, 9.17) is 11.0 Å². The Labute approximate surface area is 154 Å². The summed E-state index contributed by atoms with van der Waals surface area (Å²) in [5.41, 5.74) is 7.41. The average molecular weight is 365 g/mol. The van der Waals surface area contributed by atoms with Crippen molar-refractivity contribution < 1.29 is 14.0 Å². The Morgan fingerprint density at radius 2 is 1.89 bits per heavy atom. The van der Waals surface area contributed by atoms with Crippen molar-refractivity contribution >= 4 is 23.2 Å². The Kier molecular flexibility index (Phi) is 5.13. The monoisotopic (exact) mass is 365 g/mol. The zero-order chi connectivity index (χ0) is 19.4. The molecule has 0 saturated heterocycles. The summed E-state index contributed by atoms with van der Waals surface area (Å²) in [5.74, 6) is -1.47. The van der Waals surface area contributed by atoms with Crippen LogP contribution in [0.1, 0.15) is 17.5 Å². The maximum Gasteiger partial charge on any atom is 0.267 e. The molecule has 0 aromatic heterocycles. The highest BCUT2D eigenvalue weighted by molar-refractivity contribution is 6.40. The molecule has 0 radical (unpaired) electrons. The Morgan fingerprint density at radius 3 is 2.48 bits per heavy atom. The smallest absolute Gasteiger partial charge is 0.267 e. The van der Waals surface area contributed by atoms with Gasteiger partial charge in [-0.05, 0) is 42.0 Å². The molecule has 0 bridgehead atoms. The third-order valence-electron chi connectivity index (χ3n) is 4.13. The predicted molar refractivity (Wildman–Crippen MR) is 96.9 cm³/mol. The van der Waals surface area contributed by atoms with Gasteiger partial charge in [-0.25, -0.2) is 4.39 Å². The Balaban J connectivity index is 1.71. The van der Waals surface area contributed by atoms with Gasteiger partial charge in [-0.3, -0.25) is 14.6 Å². The van der Waals surface area contributed by atoms with Gasteiger partial charge in [-0.2, -0.15) is 10.4 Å². The van der Waals surface area contributed by atoms with Crippen LogP contribution in [0.25, 0.3) is 0 Å². The third kappa shape index (κ3) is 4.10. The van der Waals surface area contributed by atoms with Gasteiger partial charge < -0.3 is 11.1 Å². The van der Waals surface area contributed by atoms with E-state index in [-0.39, 0.29) is 18.7 Å². The van der Waals surface area contributed by atoms with Crippen molar-refractivity contribution in [2.45, 2.75) is 19.0 Å². The van der Waals surface area contributed by atoms with Crippen LogP contribution in [0.2, 0.25) is 0 Å². The number of carbonyl (C=O) groups excluding carboxylic acids is 2. The minimum absolute atomic E-state index is 0.0614. The summed E-state index contributed by atoms with van der Waals surface area (Å²) in [6.45, 7) is 0.251. The number of primary amides is 1. The lowest BCUT2D eigenvalue weighted by atomic mass is 10.1. The molecule has 7 nitrogen and oxygen atoms in total. The molecule has 1 aliphatic heterocycles. The van der Waals surface area contributed by atoms with Crippen LogP contribution in [-0.4, -0.2) is 23.6 Å². The highest BCUT2D eigenvalue weighted by atomic mass is 19.1. The number of amides is 2. The second kappa shape index (κ2) is 7.66. The zero-order valence-electron chi connectivity index (χ0n) is 14.2. The number of nitrogens with two attached hydrogens (primary N) is 1. The molecule has 3 N–H and O–H groups in total. The molecule has 1 aliphatic rings. The van der Waals surface area contributed by atoms with Crippen LogP contribution in [-0.2, 0) is 16.1 Å². The quantitative estimate of drug-likeness (QED) is 0.835. The van der Waals surface area contributed by atoms with Crippen molar-refractivity contribution in [2.75, 3.05) is 5.01 Å². The van der Waals surface area contributed by atoms with E-state index in [1.807, 2.05) is 6.07 Å². The van der Waals surface area contributed by atoms with Crippen molar-refractivity contribution in [3.63, 3.8) is 0 Å². The molecule has 0 spiro atoms. The lowest BCUT2D eigenvalue weighted by molar-refractivity contribution is -0.119. The van der Waals surface area contributed by atoms with Crippen LogP contribution in [0.5, 0.6) is 0 Å². The van der Waals surface area contributed by atoms with E-state index in [1.165, 1.54) is 29.3 Å². The van der Waals surface area contributed by atoms with E-state index in [9.17, 15) is 14.0 Å². The summed E-state index contributed by atoms with van der Waals surface area (Å²) < 4.78 is 13.1. The SMILES string of the molecule is N#Cc1ccc(CNC(=O)C2=NN(c3ccc(F)cc3)C(C(N)=O)C2)cc1. The molecule has 1 heterocycles. The number of hydrazone groups is 1. The van der Waals surface area contributed by atoms with Crippen molar-refractivity contribution in [1.82, 2.24) is 5.32 Å². The molecule has 0 fully saturated rings. The first-order valence-electron chi connectivity index (χ1n) is 8.17. The van der Waals surface area contributed by atoms with Gasteiger partial charge >= 0.3 is 0 Å². The number of carbonyl (C=O) groups is 2. The van der Waals surface area contributed by atoms with Crippen LogP contribution >= 0.6 is 0 Å². The van der Waals surface area contributed by atoms with Gasteiger partial charge in [0.15, 0.2) is 0 Å². The first kappa shape index (κ1) is 18.1. The van der Waals surface area contributed by atoms with Gasteiger partial charge in [0.2, 0.25) is 5.91 Å². The Bertz CT molecular complexity index is 932. The van der Waals surface area contributed by atoms with Crippen LogP contribution in [0.4, 0.5) is 10.1 Å². The van der Waals surface area contributed by atoms with Crippen molar-refractivity contribution in [1.29, 1.82) is 5.26 Å². The van der Waals surface area contributed by atoms with Crippen molar-refractivity contribution in [3.8, 4) is 6.07 Å². The van der Waals surface area contributed by atoms with Gasteiger partial charge in [0, 0.05) is 13.0 Å². The van der Waals surface area contributed by atoms with Crippen LogP contribution < -0.4 is 16.1 Å². The number of nitrogens with zero attached hydrogens (tertiary/aromatic N) is 3. The van der Waals surface area contributed by atoms with E-state index < -0.39 is 23.7 Å². The molecule has 27 heavy (non-hydrogen) atoms. The second-order valence-electron chi connectivity index (χ2n) is 5.98. The van der Waals surface area contributed by atoms with Crippen LogP contribution in [0, 0.1) is 17.1 Å². The fourth-order valence-corrected chi connectivity index (χ4v) is 2.68. The molecule has 2 aromatic rings. The van der Waals surface area contributed by atoms with E-state index in [0.29, 0.717) is 11.3 Å². The normalized spacial score (nSPS) is 15.8. The summed E-state index contributed by atoms with van der Waals surface area (Å²) in [7, 11) is 0. The lowest BCUT2D eigenvalue weighted by Gasteiger charge is -2.20. The van der Waals surface area contributed by atoms with E-state index in [2.05, 4.69) is 10.4 Å². The number of nitriles is 1. The first-order valence-corrected chi connectivity index (χ1v) is 8.17. The predicted octanol–water partition coefficient (Wildman–Crippen LogP) is 1.43. The molecule has 1 unspecified atom stereocenters. The van der Waals surface area contributed by atoms with E-state index in [0.717, 1.165) is 5.56 Å². The summed E-state index contributed by atoms with van der Waals surface area (Å²) >= 11 is 0. The fraction of sp³-hybridized carbons (Fsp3) is 0.158. The van der Waals surface area contributed by atoms with E-state index >= 15 is 0 Å². The standard InChI is InChI=1S/C19H16FN5O2/c20-14-5-7-15(8-6-14)25-17(18(22)26)9-16(24-25)19(27)23-11-13-3-1-12(10-21)2-4-13/h1-8,17H,9,11H2,(H2,22,26)(H,23,27). The minimum Gasteiger partial charge on any atom is -0.368 e. The highest BCUT2D eigenvalue weighted by Crippen LogP contribution is 2.24. The van der Waals surface area contributed by atoms with Crippen molar-refractivity contribution in [3.05, 3.63) is 65.5 Å². The molecule has 8 heteroatoms. The lowest BCUT2D eigenvalue weighted by Crippen LogP contribution is -2.39. The largest absolute Gasteiger partial charge is 0.368 e. The summed E-state index contributed by atoms with van der Waals surface area (Å²) in [6.07, 6.45) is 0.0614. The molecular weight excluding hydrogens is 349 g/mol. The van der Waals surface area contributed by atoms with Crippen molar-refractivity contribution in [2.24, 2.45) is 10.8 Å². The van der Waals surface area contributed by atoms with Gasteiger partial charge in [0.1, 0.15) is 17.6 Å². The Hall–Kier alpha value is -3.73. The molecule has 2 aromatic carbocycles. The minimum atomic E-state index is -0.814. The van der Waals surface area contributed by atoms with Gasteiger partial charge in [-0.1, -0.05) is 12.1 Å². The van der Waals surface area contributed by atoms with Gasteiger partial charge in [0.05, 0.1) is 17.3 Å². The number of hydrogen-bond donors (Lipinski definition) is 2. The van der Waals surface area contributed by atoms with Gasteiger partial charge in [-0.15, -0.1) is 0 Å². The summed E-state index contributed by atoms with van der Waals surface area (Å²) in [6, 6.07) is 13.4. The molecule has 2 amide bonds. The average Bonchev–Trinajstić information content (AvgIpc) is 3.13. The number of halogens is 1. The third-order valence-corrected chi connectivity index (χ3v) is 4.13. The fourth-order valence-electron chi connectivity index (χ4n) is 2.68. The molecular formula is C19H16FN5O2. The summed E-state index contributed by atoms with van der Waals surface area (Å²) in [4.78, 5) is 24.1. The van der Waals surface area contributed by atoms with E-state index in [1.54, 1.807) is 24.3 Å². The molecule has 1 atom stereocenters. The molecule has 0 saturated carbocycles. The number of rotatable bonds is 5. The highest BCUT2D eigenvalue weighted by Gasteiger charge is 2.34. The molecule has 0 aliphatic carbocycles. The topological polar surface area (TPSA) is 112 Å². The zero-order valence-corrected chi connectivity index (χ0v) is 14.2. The number of hydrogen-bond acceptors (Lipinski definition) is 5. The second-order valence-corrected chi connectivity index (χ2v) is 5.98. The number of nitrogens with one attached hydrogen (secondary N) is 1. The van der Waals surface area contributed by atoms with Gasteiger partial charge in [0.25, 0.3) is 5.91 Å².